The molecule has 1 atom stereocenters. The van der Waals surface area contributed by atoms with Crippen molar-refractivity contribution in [2.75, 3.05) is 0 Å². The van der Waals surface area contributed by atoms with Crippen LogP contribution in [0.25, 0.3) is 43.2 Å². The van der Waals surface area contributed by atoms with Crippen LogP contribution in [0.4, 0.5) is 0 Å². The molecule has 5 heteroatoms. The number of para-hydroxylation sites is 1. The van der Waals surface area contributed by atoms with E-state index in [9.17, 15) is 5.11 Å². The summed E-state index contributed by atoms with van der Waals surface area (Å²) in [7, 11) is 0. The van der Waals surface area contributed by atoms with Gasteiger partial charge in [-0.25, -0.2) is 4.98 Å². The van der Waals surface area contributed by atoms with Crippen LogP contribution in [0, 0.1) is 6.07 Å². The first kappa shape index (κ1) is 33.5. The van der Waals surface area contributed by atoms with Crippen LogP contribution in [-0.2, 0) is 32.9 Å². The fourth-order valence-corrected chi connectivity index (χ4v) is 7.17. The third kappa shape index (κ3) is 6.92. The molecule has 1 unspecified atom stereocenters. The fraction of sp³-hybridized carbons (Fsp3) is 0.163. The number of aromatic hydroxyl groups is 1. The molecule has 3 nitrogen and oxygen atoms in total. The van der Waals surface area contributed by atoms with E-state index >= 15 is 0 Å². The third-order valence-corrected chi connectivity index (χ3v) is 9.89. The Bertz CT molecular complexity index is 2170. The van der Waals surface area contributed by atoms with E-state index in [1.807, 2.05) is 36.5 Å². The molecule has 0 aliphatic carbocycles. The normalized spacial score (nSPS) is 12.1. The Morgan fingerprint density at radius 2 is 1.46 bits per heavy atom. The predicted octanol–water partition coefficient (Wildman–Crippen LogP) is 11.2. The Morgan fingerprint density at radius 1 is 0.750 bits per heavy atom. The summed E-state index contributed by atoms with van der Waals surface area (Å²) in [5.41, 5.74) is 11.1. The molecule has 0 radical (unpaired) electrons. The molecule has 1 N–H and O–H groups in total. The van der Waals surface area contributed by atoms with E-state index in [-0.39, 0.29) is 38.1 Å². The number of aromatic nitrogens is 2. The molecular weight excluding hydrogens is 788 g/mol. The van der Waals surface area contributed by atoms with E-state index in [2.05, 4.69) is 130 Å². The number of benzene rings is 5. The molecule has 5 aromatic carbocycles. The van der Waals surface area contributed by atoms with Crippen LogP contribution in [0.3, 0.4) is 0 Å². The quantitative estimate of drug-likeness (QED) is 0.163. The van der Waals surface area contributed by atoms with Crippen molar-refractivity contribution in [1.29, 1.82) is 0 Å². The van der Waals surface area contributed by atoms with Crippen LogP contribution in [0.5, 0.6) is 5.75 Å². The number of phenolic OH excluding ortho intramolecular Hbond substituents is 1. The van der Waals surface area contributed by atoms with Crippen molar-refractivity contribution in [1.82, 2.24) is 9.97 Å². The van der Waals surface area contributed by atoms with Crippen molar-refractivity contribution in [3.63, 3.8) is 0 Å². The summed E-state index contributed by atoms with van der Waals surface area (Å²) in [6.45, 7) is 8.85. The molecule has 2 heterocycles. The molecule has 7 rings (SSSR count). The van der Waals surface area contributed by atoms with Gasteiger partial charge in [0.25, 0.3) is 0 Å². The van der Waals surface area contributed by atoms with Crippen molar-refractivity contribution >= 4 is 21.6 Å². The van der Waals surface area contributed by atoms with Crippen LogP contribution >= 0.6 is 11.3 Å². The first-order chi connectivity index (χ1) is 22.7. The van der Waals surface area contributed by atoms with E-state index in [1.165, 1.54) is 11.1 Å². The van der Waals surface area contributed by atoms with Gasteiger partial charge in [-0.15, -0.1) is 40.7 Å². The van der Waals surface area contributed by atoms with Gasteiger partial charge in [-0.3, -0.25) is 4.98 Å². The van der Waals surface area contributed by atoms with Crippen molar-refractivity contribution < 1.29 is 26.2 Å². The summed E-state index contributed by atoms with van der Waals surface area (Å²) in [6.07, 6.45) is 2.59. The molecule has 48 heavy (non-hydrogen) atoms. The monoisotopic (exact) mass is 824 g/mol. The number of fused-ring (bicyclic) bond motifs is 1. The molecule has 242 valence electrons. The van der Waals surface area contributed by atoms with Crippen molar-refractivity contribution in [2.45, 2.75) is 45.4 Å². The zero-order valence-electron chi connectivity index (χ0n) is 27.5. The summed E-state index contributed by atoms with van der Waals surface area (Å²) >= 11 is 1.62. The van der Waals surface area contributed by atoms with Crippen LogP contribution in [0.1, 0.15) is 61.4 Å². The molecule has 7 aromatic rings. The summed E-state index contributed by atoms with van der Waals surface area (Å²) < 4.78 is 1.07. The third-order valence-electron chi connectivity index (χ3n) is 8.83. The maximum atomic E-state index is 11.9. The van der Waals surface area contributed by atoms with Gasteiger partial charge < -0.3 is 5.11 Å². The van der Waals surface area contributed by atoms with E-state index in [0.29, 0.717) is 0 Å². The number of hydrogen-bond donors (Lipinski definition) is 1. The topological polar surface area (TPSA) is 46.0 Å². The van der Waals surface area contributed by atoms with E-state index in [1.54, 1.807) is 11.3 Å². The molecule has 0 fully saturated rings. The Hall–Kier alpha value is -4.37. The molecule has 0 spiro atoms. The smallest absolute Gasteiger partial charge is 0.129 e. The van der Waals surface area contributed by atoms with Crippen LogP contribution < -0.4 is 0 Å². The molecule has 0 amide bonds. The van der Waals surface area contributed by atoms with E-state index in [0.717, 1.165) is 66.3 Å². The second-order valence-electron chi connectivity index (χ2n) is 13.2. The number of rotatable bonds is 7. The van der Waals surface area contributed by atoms with Crippen LogP contribution in [0.15, 0.2) is 128 Å². The van der Waals surface area contributed by atoms with Gasteiger partial charge in [-0.2, -0.15) is 0 Å². The summed E-state index contributed by atoms with van der Waals surface area (Å²) in [5, 5.41) is 12.7. The standard InChI is InChI=1S/C43H37N2OS.Pt/c1-28(31-16-9-6-10-17-31)36-23-30(22-29-14-7-5-8-15-29)24-37(41(36)46)42-45-40-35(18-13-20-39(40)47-42)32-25-33(38-19-11-12-21-44-38)27-34(26-32)43(2,3)4;/h5-21,23-24,26-28,46H,22H2,1-4H3;/q-1;. The van der Waals surface area contributed by atoms with Gasteiger partial charge in [0.1, 0.15) is 10.8 Å². The zero-order chi connectivity index (χ0) is 32.5. The Morgan fingerprint density at radius 3 is 2.17 bits per heavy atom. The van der Waals surface area contributed by atoms with Gasteiger partial charge in [-0.1, -0.05) is 130 Å². The second kappa shape index (κ2) is 14.0. The van der Waals surface area contributed by atoms with Crippen LogP contribution in [0.2, 0.25) is 0 Å². The number of phenols is 1. The second-order valence-corrected chi connectivity index (χ2v) is 14.2. The Balaban J connectivity index is 0.00000401. The van der Waals surface area contributed by atoms with Crippen molar-refractivity contribution in [3.05, 3.63) is 161 Å². The average molecular weight is 825 g/mol. The van der Waals surface area contributed by atoms with E-state index < -0.39 is 0 Å². The van der Waals surface area contributed by atoms with Crippen molar-refractivity contribution in [3.8, 4) is 38.7 Å². The number of thiazole rings is 1. The minimum Gasteiger partial charge on any atom is -0.507 e. The largest absolute Gasteiger partial charge is 0.507 e. The minimum absolute atomic E-state index is 0. The fourth-order valence-electron chi connectivity index (χ4n) is 6.16. The average Bonchev–Trinajstić information content (AvgIpc) is 3.54. The number of hydrogen-bond acceptors (Lipinski definition) is 4. The molecule has 2 aromatic heterocycles. The molecule has 0 aliphatic rings. The Labute approximate surface area is 301 Å². The van der Waals surface area contributed by atoms with Gasteiger partial charge in [0.2, 0.25) is 0 Å². The molecule has 0 saturated heterocycles. The molecule has 0 bridgehead atoms. The summed E-state index contributed by atoms with van der Waals surface area (Å²) in [5.74, 6) is 0.299. The first-order valence-corrected chi connectivity index (χ1v) is 16.9. The Kier molecular flexibility index (Phi) is 9.78. The van der Waals surface area contributed by atoms with Crippen molar-refractivity contribution in [2.24, 2.45) is 0 Å². The number of nitrogens with zero attached hydrogens (tertiary/aromatic N) is 2. The first-order valence-electron chi connectivity index (χ1n) is 16.1. The zero-order valence-corrected chi connectivity index (χ0v) is 30.6. The predicted molar refractivity (Wildman–Crippen MR) is 196 cm³/mol. The SMILES string of the molecule is CC(c1ccccc1)c1cc(Cc2ccccc2)cc(-c2nc3c(-c4[c-]c(-c5ccccn5)cc(C(C)(C)C)c4)cccc3s2)c1O.[Pt]. The van der Waals surface area contributed by atoms with Gasteiger partial charge in [0, 0.05) is 49.1 Å². The van der Waals surface area contributed by atoms with Gasteiger partial charge in [0.15, 0.2) is 0 Å². The van der Waals surface area contributed by atoms with E-state index in [4.69, 9.17) is 4.98 Å². The van der Waals surface area contributed by atoms with Gasteiger partial charge >= 0.3 is 0 Å². The van der Waals surface area contributed by atoms with Gasteiger partial charge in [0.05, 0.1) is 11.1 Å². The summed E-state index contributed by atoms with van der Waals surface area (Å²) in [6, 6.07) is 45.6. The van der Waals surface area contributed by atoms with Gasteiger partial charge in [-0.05, 0) is 46.7 Å². The number of pyridine rings is 1. The minimum atomic E-state index is -0.0641. The molecule has 0 aliphatic heterocycles. The summed E-state index contributed by atoms with van der Waals surface area (Å²) in [4.78, 5) is 9.89. The maximum absolute atomic E-state index is 11.9. The maximum Gasteiger partial charge on any atom is 0.129 e. The van der Waals surface area contributed by atoms with Crippen LogP contribution in [-0.4, -0.2) is 15.1 Å². The molecule has 0 saturated carbocycles. The molecular formula is C43H37N2OPtS-.